The van der Waals surface area contributed by atoms with Gasteiger partial charge in [0.05, 0.1) is 5.69 Å². The minimum atomic E-state index is -0.313. The maximum absolute atomic E-state index is 5.72. The Morgan fingerprint density at radius 1 is 1.23 bits per heavy atom. The van der Waals surface area contributed by atoms with Crippen LogP contribution in [0.4, 0.5) is 5.69 Å². The molecule has 0 saturated carbocycles. The molecule has 0 spiro atoms. The minimum absolute atomic E-state index is 0.313. The fourth-order valence-electron chi connectivity index (χ4n) is 0.684. The van der Waals surface area contributed by atoms with Crippen molar-refractivity contribution in [3.8, 4) is 0 Å². The van der Waals surface area contributed by atoms with Gasteiger partial charge in [-0.2, -0.15) is 10.2 Å². The highest BCUT2D eigenvalue weighted by molar-refractivity contribution is 9.10. The zero-order valence-electron chi connectivity index (χ0n) is 7.46. The average Bonchev–Trinajstić information content (AvgIpc) is 2.02. The molecule has 0 bridgehead atoms. The summed E-state index contributed by atoms with van der Waals surface area (Å²) in [5, 5.41) is 8.80. The van der Waals surface area contributed by atoms with Crippen molar-refractivity contribution < 1.29 is 0 Å². The minimum Gasteiger partial charge on any atom is -0.171 e. The third-order valence-corrected chi connectivity index (χ3v) is 1.64. The maximum atomic E-state index is 5.72. The van der Waals surface area contributed by atoms with Crippen molar-refractivity contribution >= 4 is 33.2 Å². The molecule has 0 saturated heterocycles. The lowest BCUT2D eigenvalue weighted by atomic mass is 10.3. The topological polar surface area (TPSA) is 24.7 Å². The number of hydrogen-bond donors (Lipinski definition) is 0. The maximum Gasteiger partial charge on any atom is 0.131 e. The second-order valence-corrected chi connectivity index (χ2v) is 5.46. The van der Waals surface area contributed by atoms with Gasteiger partial charge in [-0.3, -0.25) is 0 Å². The summed E-state index contributed by atoms with van der Waals surface area (Å²) < 4.78 is -0.313. The average molecular weight is 262 g/mol. The van der Waals surface area contributed by atoms with Crippen LogP contribution in [0.2, 0.25) is 5.02 Å². The molecule has 0 amide bonds. The summed E-state index contributed by atoms with van der Waals surface area (Å²) in [4.78, 5) is 0. The van der Waals surface area contributed by atoms with Crippen LogP contribution in [0, 0.1) is 0 Å². The van der Waals surface area contributed by atoms with Gasteiger partial charge < -0.3 is 0 Å². The number of halogens is 2. The predicted octanol–water partition coefficient (Wildman–Crippen LogP) is 4.55. The highest BCUT2D eigenvalue weighted by atomic mass is 79.9. The van der Waals surface area contributed by atoms with Gasteiger partial charge in [-0.1, -0.05) is 27.5 Å². The number of alkyl halides is 1. The van der Waals surface area contributed by atoms with E-state index in [2.05, 4.69) is 26.2 Å². The third-order valence-electron chi connectivity index (χ3n) is 1.23. The normalized spacial score (nSPS) is 12.3. The molecular weight excluding hydrogens is 251 g/mol. The van der Waals surface area contributed by atoms with E-state index in [1.54, 1.807) is 12.1 Å². The monoisotopic (exact) mass is 260 g/mol. The smallest absolute Gasteiger partial charge is 0.131 e. The highest BCUT2D eigenvalue weighted by Crippen LogP contribution is 2.22. The zero-order chi connectivity index (χ0) is 9.90. The first-order chi connectivity index (χ1) is 5.97. The number of hydrogen-bond acceptors (Lipinski definition) is 2. The van der Waals surface area contributed by atoms with E-state index in [1.165, 1.54) is 0 Å². The molecular formula is C9H10BrClN2. The Labute approximate surface area is 91.1 Å². The Bertz CT molecular complexity index is 300. The molecule has 0 radical (unpaired) electrons. The SMILES string of the molecule is CC(C)(Br)N=Nc1ccc(Cl)cc1. The van der Waals surface area contributed by atoms with Gasteiger partial charge in [0.25, 0.3) is 0 Å². The van der Waals surface area contributed by atoms with Gasteiger partial charge in [-0.15, -0.1) is 0 Å². The largest absolute Gasteiger partial charge is 0.171 e. The molecule has 1 rings (SSSR count). The first-order valence-corrected chi connectivity index (χ1v) is 5.02. The van der Waals surface area contributed by atoms with Crippen LogP contribution in [0.15, 0.2) is 34.5 Å². The molecule has 4 heteroatoms. The van der Waals surface area contributed by atoms with E-state index < -0.39 is 0 Å². The van der Waals surface area contributed by atoms with Crippen molar-refractivity contribution in [2.24, 2.45) is 10.2 Å². The molecule has 0 atom stereocenters. The Morgan fingerprint density at radius 2 is 1.77 bits per heavy atom. The van der Waals surface area contributed by atoms with Crippen molar-refractivity contribution in [1.82, 2.24) is 0 Å². The summed E-state index contributed by atoms with van der Waals surface area (Å²) >= 11 is 9.08. The first-order valence-electron chi connectivity index (χ1n) is 3.85. The fourth-order valence-corrected chi connectivity index (χ4v) is 0.890. The molecule has 70 valence electrons. The molecule has 0 heterocycles. The van der Waals surface area contributed by atoms with E-state index in [0.29, 0.717) is 5.02 Å². The molecule has 0 unspecified atom stereocenters. The number of benzene rings is 1. The van der Waals surface area contributed by atoms with Crippen LogP contribution in [0.25, 0.3) is 0 Å². The van der Waals surface area contributed by atoms with Crippen LogP contribution in [-0.2, 0) is 0 Å². The lowest BCUT2D eigenvalue weighted by Gasteiger charge is -2.06. The van der Waals surface area contributed by atoms with Gasteiger partial charge in [0.1, 0.15) is 4.45 Å². The Kier molecular flexibility index (Phi) is 3.45. The molecule has 0 N–H and O–H groups in total. The standard InChI is InChI=1S/C9H10BrClN2/c1-9(2,10)13-12-8-5-3-7(11)4-6-8/h3-6H,1-2H3. The Balaban J connectivity index is 2.75. The molecule has 0 aliphatic heterocycles. The van der Waals surface area contributed by atoms with E-state index in [1.807, 2.05) is 26.0 Å². The van der Waals surface area contributed by atoms with Crippen molar-refractivity contribution in [3.05, 3.63) is 29.3 Å². The van der Waals surface area contributed by atoms with Crippen molar-refractivity contribution in [3.63, 3.8) is 0 Å². The number of azo groups is 1. The molecule has 0 aliphatic carbocycles. The van der Waals surface area contributed by atoms with Crippen molar-refractivity contribution in [2.75, 3.05) is 0 Å². The molecule has 0 aromatic heterocycles. The fraction of sp³-hybridized carbons (Fsp3) is 0.333. The molecule has 0 aliphatic rings. The van der Waals surface area contributed by atoms with Crippen LogP contribution in [0.3, 0.4) is 0 Å². The quantitative estimate of drug-likeness (QED) is 0.424. The molecule has 0 fully saturated rings. The van der Waals surface area contributed by atoms with Crippen LogP contribution in [0.1, 0.15) is 13.8 Å². The van der Waals surface area contributed by atoms with Crippen molar-refractivity contribution in [2.45, 2.75) is 18.3 Å². The van der Waals surface area contributed by atoms with Crippen molar-refractivity contribution in [1.29, 1.82) is 0 Å². The molecule has 2 nitrogen and oxygen atoms in total. The van der Waals surface area contributed by atoms with E-state index in [-0.39, 0.29) is 4.45 Å². The van der Waals surface area contributed by atoms with Gasteiger partial charge in [0.2, 0.25) is 0 Å². The predicted molar refractivity (Wildman–Crippen MR) is 59.0 cm³/mol. The van der Waals surface area contributed by atoms with Crippen LogP contribution < -0.4 is 0 Å². The molecule has 1 aromatic carbocycles. The first kappa shape index (κ1) is 10.7. The van der Waals surface area contributed by atoms with Gasteiger partial charge in [-0.25, -0.2) is 0 Å². The Morgan fingerprint density at radius 3 is 2.23 bits per heavy atom. The van der Waals surface area contributed by atoms with E-state index in [4.69, 9.17) is 11.6 Å². The second-order valence-electron chi connectivity index (χ2n) is 3.09. The van der Waals surface area contributed by atoms with E-state index >= 15 is 0 Å². The Hall–Kier alpha value is -0.410. The van der Waals surface area contributed by atoms with Crippen LogP contribution in [0.5, 0.6) is 0 Å². The third kappa shape index (κ3) is 4.39. The summed E-state index contributed by atoms with van der Waals surface area (Å²) in [5.74, 6) is 0. The summed E-state index contributed by atoms with van der Waals surface area (Å²) in [7, 11) is 0. The number of nitrogens with zero attached hydrogens (tertiary/aromatic N) is 2. The van der Waals surface area contributed by atoms with Gasteiger partial charge in [-0.05, 0) is 38.1 Å². The van der Waals surface area contributed by atoms with Crippen LogP contribution >= 0.6 is 27.5 Å². The second kappa shape index (κ2) is 4.20. The lowest BCUT2D eigenvalue weighted by Crippen LogP contribution is -2.01. The summed E-state index contributed by atoms with van der Waals surface area (Å²) in [6.07, 6.45) is 0. The summed E-state index contributed by atoms with van der Waals surface area (Å²) in [6.45, 7) is 3.85. The van der Waals surface area contributed by atoms with Gasteiger partial charge in [0.15, 0.2) is 0 Å². The highest BCUT2D eigenvalue weighted by Gasteiger charge is 2.08. The lowest BCUT2D eigenvalue weighted by molar-refractivity contribution is 0.729. The molecule has 13 heavy (non-hydrogen) atoms. The number of rotatable bonds is 2. The summed E-state index contributed by atoms with van der Waals surface area (Å²) in [6, 6.07) is 7.23. The summed E-state index contributed by atoms with van der Waals surface area (Å²) in [5.41, 5.74) is 0.803. The zero-order valence-corrected chi connectivity index (χ0v) is 9.80. The van der Waals surface area contributed by atoms with Gasteiger partial charge in [0, 0.05) is 5.02 Å². The van der Waals surface area contributed by atoms with E-state index in [0.717, 1.165) is 5.69 Å². The molecule has 1 aromatic rings. The van der Waals surface area contributed by atoms with E-state index in [9.17, 15) is 0 Å². The van der Waals surface area contributed by atoms with Gasteiger partial charge >= 0.3 is 0 Å². The van der Waals surface area contributed by atoms with Crippen LogP contribution in [-0.4, -0.2) is 4.45 Å².